The van der Waals surface area contributed by atoms with Crippen LogP contribution >= 0.6 is 0 Å². The van der Waals surface area contributed by atoms with E-state index < -0.39 is 8.32 Å². The Kier molecular flexibility index (Phi) is 8.46. The van der Waals surface area contributed by atoms with Gasteiger partial charge in [-0.2, -0.15) is 0 Å². The van der Waals surface area contributed by atoms with Crippen molar-refractivity contribution in [2.75, 3.05) is 5.32 Å². The van der Waals surface area contributed by atoms with Crippen molar-refractivity contribution in [2.45, 2.75) is 71.7 Å². The van der Waals surface area contributed by atoms with Gasteiger partial charge in [0.15, 0.2) is 8.32 Å². The van der Waals surface area contributed by atoms with Gasteiger partial charge < -0.3 is 9.74 Å². The van der Waals surface area contributed by atoms with Gasteiger partial charge in [-0.25, -0.2) is 5.84 Å². The third-order valence-corrected chi connectivity index (χ3v) is 11.0. The van der Waals surface area contributed by atoms with Gasteiger partial charge in [0.05, 0.1) is 6.10 Å². The van der Waals surface area contributed by atoms with Crippen LogP contribution < -0.4 is 16.6 Å². The van der Waals surface area contributed by atoms with Gasteiger partial charge in [-0.1, -0.05) is 59.6 Å². The fraction of sp³-hybridized carbons (Fsp3) is 0.480. The summed E-state index contributed by atoms with van der Waals surface area (Å²) in [4.78, 5) is 11.6. The van der Waals surface area contributed by atoms with Crippen molar-refractivity contribution < 1.29 is 9.22 Å². The summed E-state index contributed by atoms with van der Waals surface area (Å²) in [7, 11) is -1.90. The number of nitrogen functional groups attached to an aromatic ring is 1. The maximum absolute atomic E-state index is 11.6. The summed E-state index contributed by atoms with van der Waals surface area (Å²) >= 11 is 0. The number of carbonyl (C=O) groups excluding carboxylic acids is 1. The lowest BCUT2D eigenvalue weighted by Gasteiger charge is -2.41. The summed E-state index contributed by atoms with van der Waals surface area (Å²) in [5, 5.41) is 3.56. The van der Waals surface area contributed by atoms with Crippen molar-refractivity contribution in [2.24, 2.45) is 11.8 Å². The van der Waals surface area contributed by atoms with Crippen LogP contribution in [-0.4, -0.2) is 14.2 Å². The van der Waals surface area contributed by atoms with E-state index in [-0.39, 0.29) is 17.0 Å². The first-order chi connectivity index (χ1) is 14.5. The zero-order chi connectivity index (χ0) is 23.2. The first-order valence-corrected chi connectivity index (χ1v) is 14.1. The summed E-state index contributed by atoms with van der Waals surface area (Å²) in [6.07, 6.45) is 2.30. The van der Waals surface area contributed by atoms with E-state index in [0.29, 0.717) is 11.5 Å². The first-order valence-electron chi connectivity index (χ1n) is 11.2. The van der Waals surface area contributed by atoms with Crippen LogP contribution in [0, 0.1) is 5.92 Å². The lowest BCUT2D eigenvalue weighted by Crippen LogP contribution is -2.43. The van der Waals surface area contributed by atoms with E-state index in [2.05, 4.69) is 82.7 Å². The molecule has 0 aliphatic carbocycles. The van der Waals surface area contributed by atoms with Gasteiger partial charge in [0.2, 0.25) is 0 Å². The van der Waals surface area contributed by atoms with Crippen molar-refractivity contribution in [3.05, 3.63) is 59.7 Å². The van der Waals surface area contributed by atoms with Crippen LogP contribution in [0.4, 0.5) is 11.4 Å². The topological polar surface area (TPSA) is 76.4 Å². The van der Waals surface area contributed by atoms with Crippen LogP contribution in [0.3, 0.4) is 0 Å². The highest BCUT2D eigenvalue weighted by Crippen LogP contribution is 2.43. The van der Waals surface area contributed by atoms with Crippen LogP contribution in [0.5, 0.6) is 0 Å². The molecule has 2 rings (SSSR count). The van der Waals surface area contributed by atoms with E-state index in [1.54, 1.807) is 12.1 Å². The molecule has 0 radical (unpaired) electrons. The molecule has 0 saturated heterocycles. The predicted molar refractivity (Wildman–Crippen MR) is 133 cm³/mol. The zero-order valence-electron chi connectivity index (χ0n) is 20.1. The van der Waals surface area contributed by atoms with Crippen molar-refractivity contribution in [3.63, 3.8) is 0 Å². The first kappa shape index (κ1) is 25.1. The van der Waals surface area contributed by atoms with Crippen molar-refractivity contribution in [3.8, 4) is 0 Å². The summed E-state index contributed by atoms with van der Waals surface area (Å²) in [5.41, 5.74) is 5.81. The monoisotopic (exact) mass is 441 g/mol. The molecule has 0 heterocycles. The Morgan fingerprint density at radius 1 is 0.968 bits per heavy atom. The minimum atomic E-state index is -1.90. The maximum Gasteiger partial charge on any atom is 0.265 e. The molecule has 6 heteroatoms. The number of rotatable bonds is 9. The number of nitrogens with one attached hydrogen (secondary N) is 2. The molecule has 0 saturated carbocycles. The Hall–Kier alpha value is -2.15. The normalized spacial score (nSPS) is 13.2. The molecule has 0 aliphatic rings. The second kappa shape index (κ2) is 10.4. The van der Waals surface area contributed by atoms with Crippen LogP contribution in [-0.2, 0) is 4.43 Å². The standard InChI is InChI=1S/C25H39N3O2Si/c1-8-18(9-2)23(30-31(6,7)25(3,4)5)19-10-14-21(15-11-19)27-22-16-12-20(13-17-22)24(29)28-26/h10-18,23,27H,8-9,26H2,1-7H3,(H,28,29). The Balaban J connectivity index is 2.21. The molecule has 1 amide bonds. The van der Waals surface area contributed by atoms with Gasteiger partial charge in [0, 0.05) is 16.9 Å². The molecule has 0 fully saturated rings. The van der Waals surface area contributed by atoms with Crippen LogP contribution in [0.2, 0.25) is 18.1 Å². The Morgan fingerprint density at radius 3 is 1.87 bits per heavy atom. The van der Waals surface area contributed by atoms with E-state index in [1.807, 2.05) is 12.1 Å². The van der Waals surface area contributed by atoms with E-state index in [0.717, 1.165) is 24.2 Å². The second-order valence-corrected chi connectivity index (χ2v) is 14.4. The molecule has 5 nitrogen and oxygen atoms in total. The number of benzene rings is 2. The molecule has 0 aliphatic heterocycles. The van der Waals surface area contributed by atoms with Crippen molar-refractivity contribution in [1.82, 2.24) is 5.43 Å². The highest BCUT2D eigenvalue weighted by molar-refractivity contribution is 6.74. The van der Waals surface area contributed by atoms with Gasteiger partial charge >= 0.3 is 0 Å². The number of hydrogen-bond acceptors (Lipinski definition) is 4. The number of amides is 1. The van der Waals surface area contributed by atoms with Gasteiger partial charge in [0.1, 0.15) is 0 Å². The molecule has 1 unspecified atom stereocenters. The summed E-state index contributed by atoms with van der Waals surface area (Å²) in [6, 6.07) is 15.8. The number of hydrogen-bond donors (Lipinski definition) is 3. The molecular weight excluding hydrogens is 402 g/mol. The molecule has 4 N–H and O–H groups in total. The third kappa shape index (κ3) is 6.42. The average Bonchev–Trinajstić information content (AvgIpc) is 2.73. The minimum absolute atomic E-state index is 0.110. The number of carbonyl (C=O) groups is 1. The maximum atomic E-state index is 11.6. The molecule has 2 aromatic carbocycles. The average molecular weight is 442 g/mol. The molecule has 170 valence electrons. The number of nitrogens with two attached hydrogens (primary N) is 1. The SMILES string of the molecule is CCC(CC)C(O[Si](C)(C)C(C)(C)C)c1ccc(Nc2ccc(C(=O)NN)cc2)cc1. The highest BCUT2D eigenvalue weighted by Gasteiger charge is 2.40. The number of anilines is 2. The smallest absolute Gasteiger partial charge is 0.265 e. The van der Waals surface area contributed by atoms with Crippen LogP contribution in [0.25, 0.3) is 0 Å². The molecule has 1 atom stereocenters. The third-order valence-electron chi connectivity index (χ3n) is 6.51. The van der Waals surface area contributed by atoms with Gasteiger partial charge in [-0.15, -0.1) is 0 Å². The van der Waals surface area contributed by atoms with Crippen LogP contribution in [0.15, 0.2) is 48.5 Å². The summed E-state index contributed by atoms with van der Waals surface area (Å²) in [6.45, 7) is 16.0. The van der Waals surface area contributed by atoms with Gasteiger partial charge in [0.25, 0.3) is 5.91 Å². The van der Waals surface area contributed by atoms with E-state index in [1.165, 1.54) is 5.56 Å². The minimum Gasteiger partial charge on any atom is -0.410 e. The second-order valence-electron chi connectivity index (χ2n) is 9.67. The van der Waals surface area contributed by atoms with Gasteiger partial charge in [-0.3, -0.25) is 10.2 Å². The Labute approximate surface area is 188 Å². The largest absolute Gasteiger partial charge is 0.410 e. The number of hydrazine groups is 1. The van der Waals surface area contributed by atoms with E-state index in [4.69, 9.17) is 10.3 Å². The Bertz CT molecular complexity index is 839. The molecule has 2 aromatic rings. The molecule has 0 spiro atoms. The van der Waals surface area contributed by atoms with Crippen molar-refractivity contribution in [1.29, 1.82) is 0 Å². The van der Waals surface area contributed by atoms with Crippen LogP contribution in [0.1, 0.15) is 69.5 Å². The Morgan fingerprint density at radius 2 is 1.45 bits per heavy atom. The summed E-state index contributed by atoms with van der Waals surface area (Å²) in [5.74, 6) is 5.38. The summed E-state index contributed by atoms with van der Waals surface area (Å²) < 4.78 is 6.91. The predicted octanol–water partition coefficient (Wildman–Crippen LogP) is 6.53. The fourth-order valence-corrected chi connectivity index (χ4v) is 4.68. The molecule has 0 aromatic heterocycles. The molecular formula is C25H39N3O2Si. The highest BCUT2D eigenvalue weighted by atomic mass is 28.4. The zero-order valence-corrected chi connectivity index (χ0v) is 21.1. The van der Waals surface area contributed by atoms with E-state index in [9.17, 15) is 4.79 Å². The molecule has 0 bridgehead atoms. The lowest BCUT2D eigenvalue weighted by molar-refractivity contribution is 0.0953. The van der Waals surface area contributed by atoms with E-state index >= 15 is 0 Å². The lowest BCUT2D eigenvalue weighted by atomic mass is 9.91. The quantitative estimate of drug-likeness (QED) is 0.179. The van der Waals surface area contributed by atoms with Gasteiger partial charge in [-0.05, 0) is 66.0 Å². The van der Waals surface area contributed by atoms with Crippen molar-refractivity contribution >= 4 is 25.6 Å². The fourth-order valence-electron chi connectivity index (χ4n) is 3.36. The molecule has 31 heavy (non-hydrogen) atoms.